The van der Waals surface area contributed by atoms with Gasteiger partial charge in [0.25, 0.3) is 0 Å². The van der Waals surface area contributed by atoms with E-state index in [1.807, 2.05) is 12.5 Å². The Bertz CT molecular complexity index is 540. The van der Waals surface area contributed by atoms with Crippen LogP contribution in [0.4, 0.5) is 0 Å². The Balaban J connectivity index is 0.00000208. The highest BCUT2D eigenvalue weighted by atomic mass is 127. The molecule has 0 aromatic carbocycles. The summed E-state index contributed by atoms with van der Waals surface area (Å²) >= 11 is 0. The van der Waals surface area contributed by atoms with Crippen molar-refractivity contribution in [2.24, 2.45) is 22.2 Å². The lowest BCUT2D eigenvalue weighted by Crippen LogP contribution is -2.49. The molecule has 3 unspecified atom stereocenters. The van der Waals surface area contributed by atoms with Crippen molar-refractivity contribution in [2.45, 2.75) is 46.6 Å². The zero-order valence-corrected chi connectivity index (χ0v) is 17.7. The number of hydrogen-bond acceptors (Lipinski definition) is 2. The average Bonchev–Trinajstić information content (AvgIpc) is 2.92. The van der Waals surface area contributed by atoms with Crippen LogP contribution in [0.1, 0.15) is 46.6 Å². The number of piperidine rings is 1. The van der Waals surface area contributed by atoms with Gasteiger partial charge in [-0.25, -0.2) is 4.98 Å². The summed E-state index contributed by atoms with van der Waals surface area (Å²) in [5, 5.41) is 3.49. The van der Waals surface area contributed by atoms with Crippen LogP contribution in [0.15, 0.2) is 23.7 Å². The van der Waals surface area contributed by atoms with Crippen molar-refractivity contribution in [3.05, 3.63) is 18.7 Å². The molecule has 3 rings (SSSR count). The minimum absolute atomic E-state index is 0. The lowest BCUT2D eigenvalue weighted by Gasteiger charge is -2.39. The van der Waals surface area contributed by atoms with Crippen molar-refractivity contribution >= 4 is 29.9 Å². The summed E-state index contributed by atoms with van der Waals surface area (Å²) in [6.45, 7) is 13.2. The number of guanidine groups is 1. The lowest BCUT2D eigenvalue weighted by atomic mass is 9.93. The highest BCUT2D eigenvalue weighted by Gasteiger charge is 2.45. The molecular weight excluding hydrogens is 413 g/mol. The number of nitrogens with zero attached hydrogens (tertiary/aromatic N) is 4. The summed E-state index contributed by atoms with van der Waals surface area (Å²) in [6.07, 6.45) is 8.41. The Labute approximate surface area is 163 Å². The smallest absolute Gasteiger partial charge is 0.193 e. The third-order valence-electron chi connectivity index (χ3n) is 5.64. The van der Waals surface area contributed by atoms with Crippen molar-refractivity contribution in [2.75, 3.05) is 26.2 Å². The van der Waals surface area contributed by atoms with Crippen LogP contribution in [-0.4, -0.2) is 46.6 Å². The van der Waals surface area contributed by atoms with Gasteiger partial charge in [-0.1, -0.05) is 20.8 Å². The molecule has 2 fully saturated rings. The van der Waals surface area contributed by atoms with Gasteiger partial charge in [-0.15, -0.1) is 24.0 Å². The molecule has 2 heterocycles. The maximum Gasteiger partial charge on any atom is 0.193 e. The zero-order valence-electron chi connectivity index (χ0n) is 15.4. The Hall–Kier alpha value is -0.790. The van der Waals surface area contributed by atoms with E-state index in [9.17, 15) is 0 Å². The second-order valence-corrected chi connectivity index (χ2v) is 7.87. The normalized spacial score (nSPS) is 29.1. The fourth-order valence-electron chi connectivity index (χ4n) is 3.61. The third kappa shape index (κ3) is 4.43. The molecule has 136 valence electrons. The van der Waals surface area contributed by atoms with Gasteiger partial charge in [-0.3, -0.25) is 4.99 Å². The van der Waals surface area contributed by atoms with Crippen LogP contribution in [0.5, 0.6) is 0 Å². The molecule has 0 radical (unpaired) electrons. The van der Waals surface area contributed by atoms with Gasteiger partial charge >= 0.3 is 0 Å². The van der Waals surface area contributed by atoms with Gasteiger partial charge in [0.15, 0.2) is 5.96 Å². The van der Waals surface area contributed by atoms with E-state index in [1.165, 1.54) is 12.8 Å². The Morgan fingerprint density at radius 2 is 2.17 bits per heavy atom. The Kier molecular flexibility index (Phi) is 6.56. The molecule has 3 atom stereocenters. The van der Waals surface area contributed by atoms with E-state index in [0.29, 0.717) is 17.4 Å². The van der Waals surface area contributed by atoms with Gasteiger partial charge in [-0.2, -0.15) is 0 Å². The maximum atomic E-state index is 4.94. The van der Waals surface area contributed by atoms with Crippen LogP contribution < -0.4 is 5.32 Å². The molecule has 1 aliphatic heterocycles. The van der Waals surface area contributed by atoms with E-state index in [2.05, 4.69) is 53.7 Å². The van der Waals surface area contributed by atoms with Gasteiger partial charge in [0.05, 0.1) is 12.4 Å². The first-order valence-corrected chi connectivity index (χ1v) is 9.02. The zero-order chi connectivity index (χ0) is 16.4. The molecule has 6 heteroatoms. The molecular formula is C18H32IN5. The van der Waals surface area contributed by atoms with Crippen molar-refractivity contribution in [1.82, 2.24) is 19.8 Å². The van der Waals surface area contributed by atoms with Gasteiger partial charge in [0.2, 0.25) is 0 Å². The predicted octanol–water partition coefficient (Wildman–Crippen LogP) is 3.40. The second-order valence-electron chi connectivity index (χ2n) is 7.87. The minimum atomic E-state index is 0. The van der Waals surface area contributed by atoms with Gasteiger partial charge in [0.1, 0.15) is 0 Å². The SMILES string of the molecule is CCNC(=NCC1CC1(C)C)N1CCC(C)C(n2ccnc2)C1.I. The Morgan fingerprint density at radius 1 is 1.42 bits per heavy atom. The van der Waals surface area contributed by atoms with E-state index in [4.69, 9.17) is 4.99 Å². The standard InChI is InChI=1S/C18H31N5.HI/c1-5-20-17(21-11-15-10-18(15,3)4)22-8-6-14(2)16(12-22)23-9-7-19-13-23;/h7,9,13-16H,5-6,8,10-12H2,1-4H3,(H,20,21);1H. The number of likely N-dealkylation sites (tertiary alicyclic amines) is 1. The maximum absolute atomic E-state index is 4.94. The average molecular weight is 445 g/mol. The van der Waals surface area contributed by atoms with Crippen molar-refractivity contribution in [3.63, 3.8) is 0 Å². The van der Waals surface area contributed by atoms with Crippen LogP contribution in [0.3, 0.4) is 0 Å². The molecule has 0 spiro atoms. The number of imidazole rings is 1. The second kappa shape index (κ2) is 8.06. The predicted molar refractivity (Wildman–Crippen MR) is 110 cm³/mol. The first-order chi connectivity index (χ1) is 11.0. The van der Waals surface area contributed by atoms with E-state index in [-0.39, 0.29) is 24.0 Å². The van der Waals surface area contributed by atoms with Crippen molar-refractivity contribution in [3.8, 4) is 0 Å². The van der Waals surface area contributed by atoms with Gasteiger partial charge < -0.3 is 14.8 Å². The first-order valence-electron chi connectivity index (χ1n) is 9.02. The van der Waals surface area contributed by atoms with E-state index in [0.717, 1.165) is 38.1 Å². The van der Waals surface area contributed by atoms with E-state index in [1.54, 1.807) is 0 Å². The van der Waals surface area contributed by atoms with Crippen LogP contribution in [-0.2, 0) is 0 Å². The van der Waals surface area contributed by atoms with Crippen LogP contribution >= 0.6 is 24.0 Å². The van der Waals surface area contributed by atoms with Crippen LogP contribution in [0.25, 0.3) is 0 Å². The van der Waals surface area contributed by atoms with Crippen molar-refractivity contribution < 1.29 is 0 Å². The molecule has 0 bridgehead atoms. The molecule has 1 saturated heterocycles. The molecule has 1 aliphatic carbocycles. The number of halogens is 1. The van der Waals surface area contributed by atoms with Gasteiger partial charge in [-0.05, 0) is 37.0 Å². The number of aliphatic imine (C=N–C) groups is 1. The Morgan fingerprint density at radius 3 is 2.75 bits per heavy atom. The summed E-state index contributed by atoms with van der Waals surface area (Å²) in [4.78, 5) is 11.6. The molecule has 1 aromatic rings. The topological polar surface area (TPSA) is 45.5 Å². The van der Waals surface area contributed by atoms with E-state index >= 15 is 0 Å². The quantitative estimate of drug-likeness (QED) is 0.439. The highest BCUT2D eigenvalue weighted by Crippen LogP contribution is 2.51. The fourth-order valence-corrected chi connectivity index (χ4v) is 3.61. The minimum Gasteiger partial charge on any atom is -0.357 e. The molecule has 2 aliphatic rings. The largest absolute Gasteiger partial charge is 0.357 e. The summed E-state index contributed by atoms with van der Waals surface area (Å²) in [5.41, 5.74) is 0.497. The molecule has 1 N–H and O–H groups in total. The molecule has 1 saturated carbocycles. The number of nitrogens with one attached hydrogen (secondary N) is 1. The lowest BCUT2D eigenvalue weighted by molar-refractivity contribution is 0.189. The summed E-state index contributed by atoms with van der Waals surface area (Å²) in [5.74, 6) is 2.52. The summed E-state index contributed by atoms with van der Waals surface area (Å²) in [7, 11) is 0. The molecule has 24 heavy (non-hydrogen) atoms. The third-order valence-corrected chi connectivity index (χ3v) is 5.64. The summed E-state index contributed by atoms with van der Waals surface area (Å²) < 4.78 is 2.25. The number of aromatic nitrogens is 2. The van der Waals surface area contributed by atoms with Gasteiger partial charge in [0, 0.05) is 38.6 Å². The number of hydrogen-bond donors (Lipinski definition) is 1. The van der Waals surface area contributed by atoms with Crippen LogP contribution in [0.2, 0.25) is 0 Å². The molecule has 1 aromatic heterocycles. The molecule has 0 amide bonds. The highest BCUT2D eigenvalue weighted by molar-refractivity contribution is 14.0. The van der Waals surface area contributed by atoms with E-state index < -0.39 is 0 Å². The monoisotopic (exact) mass is 445 g/mol. The summed E-state index contributed by atoms with van der Waals surface area (Å²) in [6, 6.07) is 0.479. The molecule has 5 nitrogen and oxygen atoms in total. The van der Waals surface area contributed by atoms with Crippen LogP contribution in [0, 0.1) is 17.3 Å². The van der Waals surface area contributed by atoms with Crippen molar-refractivity contribution in [1.29, 1.82) is 0 Å². The number of rotatable bonds is 4. The fraction of sp³-hybridized carbons (Fsp3) is 0.778. The first kappa shape index (κ1) is 19.5.